The van der Waals surface area contributed by atoms with Crippen LogP contribution in [0.4, 0.5) is 0 Å². The van der Waals surface area contributed by atoms with Crippen LogP contribution >= 0.6 is 0 Å². The van der Waals surface area contributed by atoms with E-state index >= 15 is 0 Å². The summed E-state index contributed by atoms with van der Waals surface area (Å²) >= 11 is 0. The fourth-order valence-electron chi connectivity index (χ4n) is 3.38. The Morgan fingerprint density at radius 1 is 0.750 bits per heavy atom. The van der Waals surface area contributed by atoms with Crippen molar-refractivity contribution in [3.8, 4) is 0 Å². The molecule has 2 atom stereocenters. The van der Waals surface area contributed by atoms with E-state index in [-0.39, 0.29) is 0 Å². The maximum absolute atomic E-state index is 5.62. The first-order valence-electron chi connectivity index (χ1n) is 9.44. The van der Waals surface area contributed by atoms with Crippen molar-refractivity contribution in [1.29, 1.82) is 0 Å². The van der Waals surface area contributed by atoms with Gasteiger partial charge in [0.2, 0.25) is 0 Å². The molecule has 0 aliphatic carbocycles. The first-order chi connectivity index (χ1) is 9.83. The molecule has 1 rings (SSSR count). The number of rotatable bonds is 13. The van der Waals surface area contributed by atoms with Crippen molar-refractivity contribution in [2.24, 2.45) is 5.92 Å². The zero-order valence-corrected chi connectivity index (χ0v) is 14.2. The molecular formula is C19H38O. The fraction of sp³-hybridized carbons (Fsp3) is 1.00. The summed E-state index contributed by atoms with van der Waals surface area (Å²) in [5.74, 6) is 0.869. The minimum atomic E-state index is 0.525. The maximum atomic E-state index is 5.62. The van der Waals surface area contributed by atoms with Crippen LogP contribution in [0.2, 0.25) is 0 Å². The second kappa shape index (κ2) is 12.7. The molecule has 0 amide bonds. The zero-order valence-electron chi connectivity index (χ0n) is 14.2. The predicted octanol–water partition coefficient (Wildman–Crippen LogP) is 6.50. The monoisotopic (exact) mass is 282 g/mol. The SMILES string of the molecule is CCCCCCCCCCCCCCC1COC(C)C1. The van der Waals surface area contributed by atoms with Gasteiger partial charge in [-0.2, -0.15) is 0 Å². The van der Waals surface area contributed by atoms with Crippen LogP contribution in [0.1, 0.15) is 104 Å². The van der Waals surface area contributed by atoms with Gasteiger partial charge in [0.1, 0.15) is 0 Å². The maximum Gasteiger partial charge on any atom is 0.0550 e. The Morgan fingerprint density at radius 3 is 1.70 bits per heavy atom. The van der Waals surface area contributed by atoms with E-state index < -0.39 is 0 Å². The second-order valence-corrected chi connectivity index (χ2v) is 6.92. The van der Waals surface area contributed by atoms with Crippen molar-refractivity contribution in [2.45, 2.75) is 110 Å². The van der Waals surface area contributed by atoms with Crippen molar-refractivity contribution < 1.29 is 4.74 Å². The van der Waals surface area contributed by atoms with Crippen LogP contribution < -0.4 is 0 Å². The van der Waals surface area contributed by atoms with Crippen molar-refractivity contribution >= 4 is 0 Å². The summed E-state index contributed by atoms with van der Waals surface area (Å²) in [7, 11) is 0. The van der Waals surface area contributed by atoms with Gasteiger partial charge in [-0.05, 0) is 25.7 Å². The average molecular weight is 283 g/mol. The molecule has 0 aromatic rings. The van der Waals surface area contributed by atoms with Crippen molar-refractivity contribution in [2.75, 3.05) is 6.61 Å². The molecule has 0 spiro atoms. The van der Waals surface area contributed by atoms with E-state index in [1.165, 1.54) is 89.9 Å². The minimum Gasteiger partial charge on any atom is -0.378 e. The molecular weight excluding hydrogens is 244 g/mol. The highest BCUT2D eigenvalue weighted by atomic mass is 16.5. The lowest BCUT2D eigenvalue weighted by molar-refractivity contribution is 0.119. The van der Waals surface area contributed by atoms with Gasteiger partial charge in [0, 0.05) is 6.61 Å². The van der Waals surface area contributed by atoms with Gasteiger partial charge in [0.15, 0.2) is 0 Å². The van der Waals surface area contributed by atoms with Crippen molar-refractivity contribution in [3.05, 3.63) is 0 Å². The third-order valence-electron chi connectivity index (χ3n) is 4.75. The van der Waals surface area contributed by atoms with Crippen LogP contribution in [0.5, 0.6) is 0 Å². The summed E-state index contributed by atoms with van der Waals surface area (Å²) in [6.07, 6.45) is 20.6. The Hall–Kier alpha value is -0.0400. The van der Waals surface area contributed by atoms with Crippen LogP contribution in [0, 0.1) is 5.92 Å². The molecule has 0 aromatic carbocycles. The predicted molar refractivity (Wildman–Crippen MR) is 89.2 cm³/mol. The van der Waals surface area contributed by atoms with Crippen LogP contribution in [-0.4, -0.2) is 12.7 Å². The molecule has 2 unspecified atom stereocenters. The quantitative estimate of drug-likeness (QED) is 0.350. The highest BCUT2D eigenvalue weighted by Gasteiger charge is 2.20. The van der Waals surface area contributed by atoms with E-state index in [1.807, 2.05) is 0 Å². The lowest BCUT2D eigenvalue weighted by Crippen LogP contribution is -1.99. The molecule has 0 bridgehead atoms. The average Bonchev–Trinajstić information content (AvgIpc) is 2.86. The molecule has 1 heterocycles. The van der Waals surface area contributed by atoms with Crippen molar-refractivity contribution in [3.63, 3.8) is 0 Å². The van der Waals surface area contributed by atoms with Gasteiger partial charge in [-0.25, -0.2) is 0 Å². The Bertz CT molecular complexity index is 202. The molecule has 1 aliphatic heterocycles. The highest BCUT2D eigenvalue weighted by Crippen LogP contribution is 2.24. The van der Waals surface area contributed by atoms with Crippen molar-refractivity contribution in [1.82, 2.24) is 0 Å². The van der Waals surface area contributed by atoms with Gasteiger partial charge >= 0.3 is 0 Å². The molecule has 1 nitrogen and oxygen atoms in total. The number of ether oxygens (including phenoxy) is 1. The van der Waals surface area contributed by atoms with Crippen LogP contribution in [0.15, 0.2) is 0 Å². The highest BCUT2D eigenvalue weighted by molar-refractivity contribution is 4.70. The Balaban J connectivity index is 1.70. The van der Waals surface area contributed by atoms with E-state index in [1.54, 1.807) is 0 Å². The molecule has 1 aliphatic rings. The van der Waals surface area contributed by atoms with Crippen LogP contribution in [-0.2, 0) is 4.74 Å². The summed E-state index contributed by atoms with van der Waals surface area (Å²) in [4.78, 5) is 0. The standard InChI is InChI=1S/C19H38O/c1-3-4-5-6-7-8-9-10-11-12-13-14-15-19-16-18(2)20-17-19/h18-19H,3-17H2,1-2H3. The van der Waals surface area contributed by atoms with Gasteiger partial charge in [0.05, 0.1) is 6.10 Å². The van der Waals surface area contributed by atoms with Gasteiger partial charge < -0.3 is 4.74 Å². The van der Waals surface area contributed by atoms with Crippen LogP contribution in [0.25, 0.3) is 0 Å². The van der Waals surface area contributed by atoms with Gasteiger partial charge in [-0.15, -0.1) is 0 Å². The summed E-state index contributed by atoms with van der Waals surface area (Å²) in [6.45, 7) is 5.53. The molecule has 0 radical (unpaired) electrons. The van der Waals surface area contributed by atoms with E-state index in [2.05, 4.69) is 13.8 Å². The zero-order chi connectivity index (χ0) is 14.5. The largest absolute Gasteiger partial charge is 0.378 e. The molecule has 0 saturated carbocycles. The fourth-order valence-corrected chi connectivity index (χ4v) is 3.38. The Kier molecular flexibility index (Phi) is 11.4. The summed E-state index contributed by atoms with van der Waals surface area (Å²) < 4.78 is 5.62. The van der Waals surface area contributed by atoms with E-state index in [4.69, 9.17) is 4.74 Å². The molecule has 1 fully saturated rings. The normalized spacial score (nSPS) is 22.5. The van der Waals surface area contributed by atoms with Gasteiger partial charge in [0.25, 0.3) is 0 Å². The lowest BCUT2D eigenvalue weighted by atomic mass is 9.98. The number of hydrogen-bond donors (Lipinski definition) is 0. The first-order valence-corrected chi connectivity index (χ1v) is 9.44. The Labute approximate surface area is 127 Å². The molecule has 120 valence electrons. The molecule has 20 heavy (non-hydrogen) atoms. The molecule has 0 aromatic heterocycles. The van der Waals surface area contributed by atoms with Gasteiger partial charge in [-0.1, -0.05) is 84.0 Å². The topological polar surface area (TPSA) is 9.23 Å². The van der Waals surface area contributed by atoms with E-state index in [9.17, 15) is 0 Å². The van der Waals surface area contributed by atoms with E-state index in [0.717, 1.165) is 12.5 Å². The van der Waals surface area contributed by atoms with E-state index in [0.29, 0.717) is 6.10 Å². The molecule has 0 N–H and O–H groups in total. The minimum absolute atomic E-state index is 0.525. The first kappa shape index (κ1) is 18.0. The molecule has 1 saturated heterocycles. The van der Waals surface area contributed by atoms with Gasteiger partial charge in [-0.3, -0.25) is 0 Å². The third-order valence-corrected chi connectivity index (χ3v) is 4.75. The molecule has 1 heteroatoms. The smallest absolute Gasteiger partial charge is 0.0550 e. The lowest BCUT2D eigenvalue weighted by Gasteiger charge is -2.07. The Morgan fingerprint density at radius 2 is 1.25 bits per heavy atom. The second-order valence-electron chi connectivity index (χ2n) is 6.92. The number of hydrogen-bond acceptors (Lipinski definition) is 1. The third kappa shape index (κ3) is 9.80. The van der Waals surface area contributed by atoms with Crippen LogP contribution in [0.3, 0.4) is 0 Å². The summed E-state index contributed by atoms with van der Waals surface area (Å²) in [5.41, 5.74) is 0. The summed E-state index contributed by atoms with van der Waals surface area (Å²) in [5, 5.41) is 0. The number of unbranched alkanes of at least 4 members (excludes halogenated alkanes) is 11. The summed E-state index contributed by atoms with van der Waals surface area (Å²) in [6, 6.07) is 0.